The zero-order valence-corrected chi connectivity index (χ0v) is 13.8. The monoisotopic (exact) mass is 326 g/mol. The molecular weight excluding hydrogens is 308 g/mol. The zero-order valence-electron chi connectivity index (χ0n) is 13.8. The van der Waals surface area contributed by atoms with Crippen molar-refractivity contribution in [2.24, 2.45) is 7.05 Å². The van der Waals surface area contributed by atoms with Crippen molar-refractivity contribution in [1.29, 1.82) is 0 Å². The van der Waals surface area contributed by atoms with Gasteiger partial charge in [0, 0.05) is 38.4 Å². The van der Waals surface area contributed by atoms with Crippen LogP contribution in [0.25, 0.3) is 22.3 Å². The Morgan fingerprint density at radius 3 is 2.88 bits per heavy atom. The number of hydrogen-bond donors (Lipinski definition) is 1. The van der Waals surface area contributed by atoms with Gasteiger partial charge in [0.1, 0.15) is 23.3 Å². The van der Waals surface area contributed by atoms with Crippen LogP contribution >= 0.6 is 0 Å². The molecule has 1 unspecified atom stereocenters. The van der Waals surface area contributed by atoms with Crippen molar-refractivity contribution >= 4 is 22.9 Å². The maximum Gasteiger partial charge on any atom is 0.242 e. The highest BCUT2D eigenvalue weighted by molar-refractivity contribution is 5.89. The molecule has 1 fully saturated rings. The molecule has 3 aromatic rings. The van der Waals surface area contributed by atoms with Crippen LogP contribution < -0.4 is 4.90 Å². The summed E-state index contributed by atoms with van der Waals surface area (Å²) in [6.07, 6.45) is 5.35. The fourth-order valence-corrected chi connectivity index (χ4v) is 2.97. The Labute approximate surface area is 138 Å². The molecule has 1 amide bonds. The predicted octanol–water partition coefficient (Wildman–Crippen LogP) is 0.420. The van der Waals surface area contributed by atoms with E-state index in [1.807, 2.05) is 25.2 Å². The second kappa shape index (κ2) is 5.29. The Morgan fingerprint density at radius 1 is 1.29 bits per heavy atom. The normalized spacial score (nSPS) is 18.6. The number of aromatic nitrogens is 6. The first-order valence-corrected chi connectivity index (χ1v) is 7.73. The van der Waals surface area contributed by atoms with E-state index in [9.17, 15) is 4.79 Å². The van der Waals surface area contributed by atoms with Crippen LogP contribution in [0.1, 0.15) is 6.92 Å². The number of nitrogens with one attached hydrogen (secondary N) is 1. The van der Waals surface area contributed by atoms with E-state index in [-0.39, 0.29) is 18.5 Å². The summed E-state index contributed by atoms with van der Waals surface area (Å²) >= 11 is 0. The molecule has 0 saturated carbocycles. The van der Waals surface area contributed by atoms with Gasteiger partial charge < -0.3 is 9.80 Å². The summed E-state index contributed by atoms with van der Waals surface area (Å²) in [6, 6.07) is 0.152. The van der Waals surface area contributed by atoms with Crippen molar-refractivity contribution in [2.75, 3.05) is 25.0 Å². The molecule has 1 aliphatic rings. The lowest BCUT2D eigenvalue weighted by Crippen LogP contribution is -2.54. The van der Waals surface area contributed by atoms with Crippen LogP contribution in [0.2, 0.25) is 0 Å². The average molecular weight is 326 g/mol. The van der Waals surface area contributed by atoms with Crippen molar-refractivity contribution in [3.63, 3.8) is 0 Å². The van der Waals surface area contributed by atoms with Gasteiger partial charge in [0.05, 0.1) is 12.4 Å². The number of nitrogens with zero attached hydrogens (tertiary/aromatic N) is 7. The molecule has 0 aromatic carbocycles. The second-order valence-corrected chi connectivity index (χ2v) is 6.16. The number of rotatable bonds is 2. The minimum absolute atomic E-state index is 0.0662. The molecule has 0 spiro atoms. The third-order valence-corrected chi connectivity index (χ3v) is 4.33. The van der Waals surface area contributed by atoms with E-state index in [0.717, 1.165) is 22.3 Å². The Balaban J connectivity index is 1.76. The summed E-state index contributed by atoms with van der Waals surface area (Å²) in [6.45, 7) is 3.00. The predicted molar refractivity (Wildman–Crippen MR) is 88.3 cm³/mol. The number of carbonyl (C=O) groups excluding carboxylic acids is 1. The molecule has 1 atom stereocenters. The third-order valence-electron chi connectivity index (χ3n) is 4.33. The number of likely N-dealkylation sites (N-methyl/N-ethyl adjacent to an activating group) is 1. The Morgan fingerprint density at radius 2 is 2.12 bits per heavy atom. The fraction of sp³-hybridized carbons (Fsp3) is 0.400. The summed E-state index contributed by atoms with van der Waals surface area (Å²) in [4.78, 5) is 24.8. The van der Waals surface area contributed by atoms with E-state index in [4.69, 9.17) is 0 Å². The maximum absolute atomic E-state index is 12.0. The van der Waals surface area contributed by atoms with Gasteiger partial charge >= 0.3 is 0 Å². The lowest BCUT2D eigenvalue weighted by molar-refractivity contribution is -0.130. The standard InChI is InChI=1S/C15H18N8O/c1-9-6-21(2)12(24)8-23(9)15-16-5-11-14(18-15)13(20-19-11)10-4-17-22(3)7-10/h4-5,7,9H,6,8H2,1-3H3,(H,19,20). The van der Waals surface area contributed by atoms with Crippen molar-refractivity contribution < 1.29 is 4.79 Å². The highest BCUT2D eigenvalue weighted by atomic mass is 16.2. The third kappa shape index (κ3) is 2.29. The number of amides is 1. The Hall–Kier alpha value is -2.97. The van der Waals surface area contributed by atoms with Gasteiger partial charge in [-0.2, -0.15) is 10.2 Å². The van der Waals surface area contributed by atoms with Gasteiger partial charge in [-0.15, -0.1) is 0 Å². The molecule has 9 nitrogen and oxygen atoms in total. The van der Waals surface area contributed by atoms with E-state index in [0.29, 0.717) is 12.5 Å². The molecule has 1 N–H and O–H groups in total. The second-order valence-electron chi connectivity index (χ2n) is 6.16. The minimum atomic E-state index is 0.0662. The number of aromatic amines is 1. The van der Waals surface area contributed by atoms with Gasteiger partial charge in [-0.05, 0) is 6.92 Å². The quantitative estimate of drug-likeness (QED) is 0.733. The molecule has 4 heterocycles. The summed E-state index contributed by atoms with van der Waals surface area (Å²) in [5.41, 5.74) is 3.10. The van der Waals surface area contributed by atoms with Crippen LogP contribution in [-0.2, 0) is 11.8 Å². The smallest absolute Gasteiger partial charge is 0.242 e. The van der Waals surface area contributed by atoms with Crippen LogP contribution in [-0.4, -0.2) is 66.9 Å². The average Bonchev–Trinajstić information content (AvgIpc) is 3.16. The number of hydrogen-bond acceptors (Lipinski definition) is 6. The van der Waals surface area contributed by atoms with E-state index < -0.39 is 0 Å². The summed E-state index contributed by atoms with van der Waals surface area (Å²) in [5.74, 6) is 0.611. The molecule has 0 bridgehead atoms. The molecule has 4 rings (SSSR count). The number of fused-ring (bicyclic) bond motifs is 1. The zero-order chi connectivity index (χ0) is 16.8. The first kappa shape index (κ1) is 14.6. The highest BCUT2D eigenvalue weighted by Gasteiger charge is 2.29. The number of H-pyrrole nitrogens is 1. The molecule has 24 heavy (non-hydrogen) atoms. The molecule has 0 radical (unpaired) electrons. The molecule has 1 aliphatic heterocycles. The van der Waals surface area contributed by atoms with Crippen LogP contribution in [0.5, 0.6) is 0 Å². The SMILES string of the molecule is CC1CN(C)C(=O)CN1c1ncc2[nH]nc(-c3cnn(C)c3)c2n1. The highest BCUT2D eigenvalue weighted by Crippen LogP contribution is 2.26. The largest absolute Gasteiger partial charge is 0.342 e. The first-order chi connectivity index (χ1) is 11.5. The molecule has 124 valence electrons. The van der Waals surface area contributed by atoms with E-state index in [2.05, 4.69) is 32.2 Å². The number of piperazine rings is 1. The van der Waals surface area contributed by atoms with Crippen molar-refractivity contribution in [3.8, 4) is 11.3 Å². The Bertz CT molecular complexity index is 913. The molecule has 3 aromatic heterocycles. The number of carbonyl (C=O) groups is 1. The van der Waals surface area contributed by atoms with Crippen LogP contribution in [0, 0.1) is 0 Å². The fourth-order valence-electron chi connectivity index (χ4n) is 2.97. The summed E-state index contributed by atoms with van der Waals surface area (Å²) < 4.78 is 1.72. The summed E-state index contributed by atoms with van der Waals surface area (Å²) in [5, 5.41) is 11.5. The van der Waals surface area contributed by atoms with Gasteiger partial charge in [-0.1, -0.05) is 0 Å². The van der Waals surface area contributed by atoms with Gasteiger partial charge in [0.25, 0.3) is 0 Å². The summed E-state index contributed by atoms with van der Waals surface area (Å²) in [7, 11) is 3.67. The van der Waals surface area contributed by atoms with E-state index >= 15 is 0 Å². The maximum atomic E-state index is 12.0. The molecule has 9 heteroatoms. The van der Waals surface area contributed by atoms with Gasteiger partial charge in [0.15, 0.2) is 0 Å². The van der Waals surface area contributed by atoms with Crippen LogP contribution in [0.15, 0.2) is 18.6 Å². The minimum Gasteiger partial charge on any atom is -0.342 e. The van der Waals surface area contributed by atoms with Gasteiger partial charge in [-0.3, -0.25) is 14.6 Å². The van der Waals surface area contributed by atoms with E-state index in [1.165, 1.54) is 0 Å². The van der Waals surface area contributed by atoms with Crippen molar-refractivity contribution in [2.45, 2.75) is 13.0 Å². The lowest BCUT2D eigenvalue weighted by atomic mass is 10.2. The number of anilines is 1. The molecule has 0 aliphatic carbocycles. The molecule has 1 saturated heterocycles. The van der Waals surface area contributed by atoms with Crippen molar-refractivity contribution in [1.82, 2.24) is 34.8 Å². The Kier molecular flexibility index (Phi) is 3.22. The topological polar surface area (TPSA) is 95.8 Å². The first-order valence-electron chi connectivity index (χ1n) is 7.73. The van der Waals surface area contributed by atoms with Gasteiger partial charge in [0.2, 0.25) is 11.9 Å². The number of aryl methyl sites for hydroxylation is 1. The lowest BCUT2D eigenvalue weighted by Gasteiger charge is -2.37. The molecular formula is C15H18N8O. The van der Waals surface area contributed by atoms with Crippen molar-refractivity contribution in [3.05, 3.63) is 18.6 Å². The van der Waals surface area contributed by atoms with Crippen LogP contribution in [0.3, 0.4) is 0 Å². The van der Waals surface area contributed by atoms with Gasteiger partial charge in [-0.25, -0.2) is 9.97 Å². The van der Waals surface area contributed by atoms with Crippen LogP contribution in [0.4, 0.5) is 5.95 Å². The van der Waals surface area contributed by atoms with E-state index in [1.54, 1.807) is 22.0 Å².